The lowest BCUT2D eigenvalue weighted by molar-refractivity contribution is -0.125. The molecule has 1 amide bonds. The highest BCUT2D eigenvalue weighted by molar-refractivity contribution is 5.87. The summed E-state index contributed by atoms with van der Waals surface area (Å²) in [6.45, 7) is 8.18. The molecule has 1 unspecified atom stereocenters. The lowest BCUT2D eigenvalue weighted by atomic mass is 9.93. The molecule has 0 aromatic carbocycles. The Bertz CT molecular complexity index is 797. The Morgan fingerprint density at radius 3 is 2.96 bits per heavy atom. The smallest absolute Gasteiger partial charge is 0.245 e. The summed E-state index contributed by atoms with van der Waals surface area (Å²) in [6.07, 6.45) is 7.32. The van der Waals surface area contributed by atoms with E-state index < -0.39 is 0 Å². The van der Waals surface area contributed by atoms with Crippen LogP contribution < -0.4 is 4.90 Å². The number of pyridine rings is 1. The number of carbonyl (C=O) groups excluding carboxylic acids is 1. The van der Waals surface area contributed by atoms with E-state index in [1.54, 1.807) is 0 Å². The van der Waals surface area contributed by atoms with Gasteiger partial charge >= 0.3 is 0 Å². The number of carbonyl (C=O) groups is 1. The van der Waals surface area contributed by atoms with Gasteiger partial charge in [0.25, 0.3) is 0 Å². The van der Waals surface area contributed by atoms with Crippen LogP contribution in [0.3, 0.4) is 0 Å². The minimum Gasteiger partial charge on any atom is -0.360 e. The second-order valence-electron chi connectivity index (χ2n) is 6.90. The van der Waals surface area contributed by atoms with Crippen LogP contribution in [0.1, 0.15) is 31.2 Å². The van der Waals surface area contributed by atoms with Gasteiger partial charge in [-0.25, -0.2) is 4.98 Å². The summed E-state index contributed by atoms with van der Waals surface area (Å²) >= 11 is 0. The number of hydrogen-bond acceptors (Lipinski definition) is 4. The highest BCUT2D eigenvalue weighted by Gasteiger charge is 2.29. The molecule has 0 spiro atoms. The van der Waals surface area contributed by atoms with Gasteiger partial charge in [-0.05, 0) is 36.6 Å². The van der Waals surface area contributed by atoms with Crippen LogP contribution in [0.25, 0.3) is 11.3 Å². The maximum absolute atomic E-state index is 11.9. The molecule has 1 saturated heterocycles. The SMILES string of the molecule is C=CC(=O)N1CCC(c2cnc(N(C)CCC)cc2-c2ccn(C)n2)C1. The van der Waals surface area contributed by atoms with Crippen molar-refractivity contribution < 1.29 is 4.79 Å². The van der Waals surface area contributed by atoms with Crippen molar-refractivity contribution in [2.24, 2.45) is 7.05 Å². The minimum absolute atomic E-state index is 0.000792. The summed E-state index contributed by atoms with van der Waals surface area (Å²) in [4.78, 5) is 20.7. The molecule has 1 aliphatic heterocycles. The molecular formula is C20H27N5O. The van der Waals surface area contributed by atoms with Crippen molar-refractivity contribution in [2.75, 3.05) is 31.6 Å². The van der Waals surface area contributed by atoms with E-state index in [4.69, 9.17) is 4.98 Å². The maximum atomic E-state index is 11.9. The summed E-state index contributed by atoms with van der Waals surface area (Å²) in [7, 11) is 3.99. The van der Waals surface area contributed by atoms with Gasteiger partial charge in [0.15, 0.2) is 0 Å². The average Bonchev–Trinajstić information content (AvgIpc) is 3.30. The first kappa shape index (κ1) is 18.2. The molecule has 1 atom stereocenters. The number of nitrogens with zero attached hydrogens (tertiary/aromatic N) is 5. The number of aromatic nitrogens is 3. The van der Waals surface area contributed by atoms with Gasteiger partial charge < -0.3 is 9.80 Å². The van der Waals surface area contributed by atoms with Crippen molar-refractivity contribution in [3.8, 4) is 11.3 Å². The molecule has 26 heavy (non-hydrogen) atoms. The zero-order valence-corrected chi connectivity index (χ0v) is 15.9. The minimum atomic E-state index is -0.000792. The first-order chi connectivity index (χ1) is 12.5. The van der Waals surface area contributed by atoms with Crippen LogP contribution in [-0.4, -0.2) is 52.3 Å². The van der Waals surface area contributed by atoms with E-state index in [9.17, 15) is 4.79 Å². The zero-order chi connectivity index (χ0) is 18.7. The van der Waals surface area contributed by atoms with Crippen molar-refractivity contribution in [3.05, 3.63) is 42.7 Å². The van der Waals surface area contributed by atoms with Crippen LogP contribution in [0.4, 0.5) is 5.82 Å². The summed E-state index contributed by atoms with van der Waals surface area (Å²) in [5.41, 5.74) is 3.22. The van der Waals surface area contributed by atoms with Gasteiger partial charge in [-0.3, -0.25) is 9.48 Å². The molecule has 0 aliphatic carbocycles. The van der Waals surface area contributed by atoms with Gasteiger partial charge in [0, 0.05) is 57.6 Å². The molecule has 3 rings (SSSR count). The Kier molecular flexibility index (Phi) is 5.40. The third kappa shape index (κ3) is 3.64. The Labute approximate surface area is 155 Å². The van der Waals surface area contributed by atoms with E-state index in [1.807, 2.05) is 35.1 Å². The first-order valence-corrected chi connectivity index (χ1v) is 9.16. The third-order valence-electron chi connectivity index (χ3n) is 4.97. The maximum Gasteiger partial charge on any atom is 0.245 e. The van der Waals surface area contributed by atoms with Crippen molar-refractivity contribution in [1.29, 1.82) is 0 Å². The van der Waals surface area contributed by atoms with Crippen LogP contribution in [0.5, 0.6) is 0 Å². The molecule has 138 valence electrons. The van der Waals surface area contributed by atoms with Crippen molar-refractivity contribution in [1.82, 2.24) is 19.7 Å². The number of hydrogen-bond donors (Lipinski definition) is 0. The molecule has 1 fully saturated rings. The largest absolute Gasteiger partial charge is 0.360 e. The van der Waals surface area contributed by atoms with Gasteiger partial charge in [0.1, 0.15) is 5.82 Å². The molecule has 1 aliphatic rings. The lowest BCUT2D eigenvalue weighted by Crippen LogP contribution is -2.26. The second-order valence-corrected chi connectivity index (χ2v) is 6.90. The summed E-state index contributed by atoms with van der Waals surface area (Å²) < 4.78 is 1.82. The number of amides is 1. The topological polar surface area (TPSA) is 54.3 Å². The molecule has 3 heterocycles. The molecular weight excluding hydrogens is 326 g/mol. The van der Waals surface area contributed by atoms with E-state index in [2.05, 4.69) is 36.6 Å². The Hall–Kier alpha value is -2.63. The fraction of sp³-hybridized carbons (Fsp3) is 0.450. The third-order valence-corrected chi connectivity index (χ3v) is 4.97. The predicted octanol–water partition coefficient (Wildman–Crippen LogP) is 2.83. The van der Waals surface area contributed by atoms with Gasteiger partial charge in [0.05, 0.1) is 5.69 Å². The quantitative estimate of drug-likeness (QED) is 0.750. The zero-order valence-electron chi connectivity index (χ0n) is 15.9. The fourth-order valence-electron chi connectivity index (χ4n) is 3.56. The van der Waals surface area contributed by atoms with Gasteiger partial charge in [-0.1, -0.05) is 13.5 Å². The Morgan fingerprint density at radius 2 is 2.31 bits per heavy atom. The van der Waals surface area contributed by atoms with Crippen molar-refractivity contribution in [2.45, 2.75) is 25.7 Å². The molecule has 6 heteroatoms. The molecule has 6 nitrogen and oxygen atoms in total. The molecule has 0 saturated carbocycles. The number of rotatable bonds is 6. The number of aryl methyl sites for hydroxylation is 1. The average molecular weight is 353 g/mol. The van der Waals surface area contributed by atoms with Crippen molar-refractivity contribution >= 4 is 11.7 Å². The van der Waals surface area contributed by atoms with Gasteiger partial charge in [0.2, 0.25) is 5.91 Å². The summed E-state index contributed by atoms with van der Waals surface area (Å²) in [6, 6.07) is 4.16. The fourth-order valence-corrected chi connectivity index (χ4v) is 3.56. The number of likely N-dealkylation sites (tertiary alicyclic amines) is 1. The summed E-state index contributed by atoms with van der Waals surface area (Å²) in [5.74, 6) is 1.22. The molecule has 2 aromatic rings. The highest BCUT2D eigenvalue weighted by atomic mass is 16.2. The molecule has 0 radical (unpaired) electrons. The normalized spacial score (nSPS) is 16.7. The predicted molar refractivity (Wildman–Crippen MR) is 104 cm³/mol. The Balaban J connectivity index is 1.96. The molecule has 0 N–H and O–H groups in total. The van der Waals surface area contributed by atoms with Crippen LogP contribution in [0.15, 0.2) is 37.2 Å². The first-order valence-electron chi connectivity index (χ1n) is 9.16. The van der Waals surface area contributed by atoms with E-state index in [0.29, 0.717) is 6.54 Å². The van der Waals surface area contributed by atoms with Crippen LogP contribution >= 0.6 is 0 Å². The lowest BCUT2D eigenvalue weighted by Gasteiger charge is -2.21. The van der Waals surface area contributed by atoms with Gasteiger partial charge in [-0.15, -0.1) is 0 Å². The van der Waals surface area contributed by atoms with Crippen LogP contribution in [0.2, 0.25) is 0 Å². The Morgan fingerprint density at radius 1 is 1.50 bits per heavy atom. The molecule has 2 aromatic heterocycles. The van der Waals surface area contributed by atoms with E-state index in [-0.39, 0.29) is 11.8 Å². The highest BCUT2D eigenvalue weighted by Crippen LogP contribution is 2.35. The standard InChI is InChI=1S/C20H27N5O/c1-5-9-23(3)19-12-16(18-8-10-24(4)22-18)17(13-21-19)15-7-11-25(14-15)20(26)6-2/h6,8,10,12-13,15H,2,5,7,9,11,14H2,1,3-4H3. The van der Waals surface area contributed by atoms with Crippen LogP contribution in [0, 0.1) is 0 Å². The van der Waals surface area contributed by atoms with Gasteiger partial charge in [-0.2, -0.15) is 5.10 Å². The van der Waals surface area contributed by atoms with Crippen molar-refractivity contribution in [3.63, 3.8) is 0 Å². The number of anilines is 1. The van der Waals surface area contributed by atoms with E-state index >= 15 is 0 Å². The monoisotopic (exact) mass is 353 g/mol. The van der Waals surface area contributed by atoms with Crippen LogP contribution in [-0.2, 0) is 11.8 Å². The second kappa shape index (κ2) is 7.72. The van der Waals surface area contributed by atoms with E-state index in [0.717, 1.165) is 48.6 Å². The molecule has 0 bridgehead atoms. The van der Waals surface area contributed by atoms with E-state index in [1.165, 1.54) is 6.08 Å². The summed E-state index contributed by atoms with van der Waals surface area (Å²) in [5, 5.41) is 4.60.